The predicted molar refractivity (Wildman–Crippen MR) is 75.3 cm³/mol. The minimum absolute atomic E-state index is 0.166. The van der Waals surface area contributed by atoms with E-state index in [0.29, 0.717) is 22.7 Å². The van der Waals surface area contributed by atoms with E-state index in [1.165, 1.54) is 0 Å². The van der Waals surface area contributed by atoms with Crippen LogP contribution in [0.1, 0.15) is 51.6 Å². The van der Waals surface area contributed by atoms with Crippen LogP contribution in [0.15, 0.2) is 0 Å². The number of ether oxygens (including phenoxy) is 1. The van der Waals surface area contributed by atoms with Crippen molar-refractivity contribution in [3.63, 3.8) is 0 Å². The maximum absolute atomic E-state index is 6.17. The quantitative estimate of drug-likeness (QED) is 0.725. The first-order valence-electron chi connectivity index (χ1n) is 6.34. The van der Waals surface area contributed by atoms with E-state index in [0.717, 1.165) is 18.4 Å². The standard InChI is InChI=1S/C13H20Cl2N2O/c1-5-7-9-11(14)16-13(17-12(9)15)10(8(3)4)18-6-2/h8,10H,5-7H2,1-4H3. The van der Waals surface area contributed by atoms with Crippen molar-refractivity contribution in [3.8, 4) is 0 Å². The topological polar surface area (TPSA) is 35.0 Å². The van der Waals surface area contributed by atoms with Gasteiger partial charge in [0.05, 0.1) is 0 Å². The Hall–Kier alpha value is -0.380. The Bertz CT molecular complexity index is 374. The smallest absolute Gasteiger partial charge is 0.160 e. The molecule has 0 saturated heterocycles. The van der Waals surface area contributed by atoms with Crippen LogP contribution < -0.4 is 0 Å². The summed E-state index contributed by atoms with van der Waals surface area (Å²) >= 11 is 12.3. The van der Waals surface area contributed by atoms with Gasteiger partial charge in [0, 0.05) is 12.2 Å². The Labute approximate surface area is 119 Å². The number of hydrogen-bond donors (Lipinski definition) is 0. The number of halogens is 2. The Kier molecular flexibility index (Phi) is 6.33. The highest BCUT2D eigenvalue weighted by Gasteiger charge is 2.22. The van der Waals surface area contributed by atoms with Crippen LogP contribution >= 0.6 is 23.2 Å². The molecule has 18 heavy (non-hydrogen) atoms. The third-order valence-corrected chi connectivity index (χ3v) is 3.25. The second kappa shape index (κ2) is 7.27. The summed E-state index contributed by atoms with van der Waals surface area (Å²) in [6.07, 6.45) is 1.58. The van der Waals surface area contributed by atoms with Gasteiger partial charge in [-0.25, -0.2) is 9.97 Å². The second-order valence-corrected chi connectivity index (χ2v) is 5.23. The van der Waals surface area contributed by atoms with Crippen molar-refractivity contribution in [1.82, 2.24) is 9.97 Å². The van der Waals surface area contributed by atoms with Crippen molar-refractivity contribution in [1.29, 1.82) is 0 Å². The van der Waals surface area contributed by atoms with Crippen molar-refractivity contribution < 1.29 is 4.74 Å². The van der Waals surface area contributed by atoms with Gasteiger partial charge in [-0.05, 0) is 19.3 Å². The molecule has 0 fully saturated rings. The number of aromatic nitrogens is 2. The molecule has 1 unspecified atom stereocenters. The SMILES string of the molecule is CCCc1c(Cl)nc(C(OCC)C(C)C)nc1Cl. The molecule has 0 aliphatic carbocycles. The van der Waals surface area contributed by atoms with E-state index >= 15 is 0 Å². The average Bonchev–Trinajstić information content (AvgIpc) is 2.30. The number of rotatable bonds is 6. The highest BCUT2D eigenvalue weighted by molar-refractivity contribution is 6.34. The van der Waals surface area contributed by atoms with Crippen molar-refractivity contribution in [2.24, 2.45) is 5.92 Å². The maximum Gasteiger partial charge on any atom is 0.160 e. The Balaban J connectivity index is 3.10. The summed E-state index contributed by atoms with van der Waals surface area (Å²) in [5.74, 6) is 0.843. The molecule has 1 atom stereocenters. The molecule has 1 aromatic rings. The lowest BCUT2D eigenvalue weighted by atomic mass is 10.1. The van der Waals surface area contributed by atoms with Crippen LogP contribution in [-0.4, -0.2) is 16.6 Å². The van der Waals surface area contributed by atoms with Crippen LogP contribution in [0.3, 0.4) is 0 Å². The lowest BCUT2D eigenvalue weighted by Crippen LogP contribution is -2.15. The van der Waals surface area contributed by atoms with Crippen LogP contribution in [0.25, 0.3) is 0 Å². The van der Waals surface area contributed by atoms with Gasteiger partial charge < -0.3 is 4.74 Å². The van der Waals surface area contributed by atoms with Crippen LogP contribution in [0.5, 0.6) is 0 Å². The fourth-order valence-electron chi connectivity index (χ4n) is 1.77. The molecule has 0 bridgehead atoms. The predicted octanol–water partition coefficient (Wildman–Crippen LogP) is 4.47. The summed E-state index contributed by atoms with van der Waals surface area (Å²) in [6.45, 7) is 8.75. The molecular formula is C13H20Cl2N2O. The van der Waals surface area contributed by atoms with Crippen LogP contribution in [0.4, 0.5) is 0 Å². The monoisotopic (exact) mass is 290 g/mol. The molecule has 5 heteroatoms. The molecule has 0 amide bonds. The first-order chi connectivity index (χ1) is 8.51. The zero-order valence-electron chi connectivity index (χ0n) is 11.3. The number of nitrogens with zero attached hydrogens (tertiary/aromatic N) is 2. The van der Waals surface area contributed by atoms with E-state index in [2.05, 4.69) is 30.7 Å². The van der Waals surface area contributed by atoms with E-state index in [9.17, 15) is 0 Å². The summed E-state index contributed by atoms with van der Waals surface area (Å²) in [5, 5.41) is 0.884. The lowest BCUT2D eigenvalue weighted by molar-refractivity contribution is 0.0232. The van der Waals surface area contributed by atoms with Gasteiger partial charge in [-0.15, -0.1) is 0 Å². The van der Waals surface area contributed by atoms with Crippen molar-refractivity contribution >= 4 is 23.2 Å². The Morgan fingerprint density at radius 1 is 1.11 bits per heavy atom. The normalized spacial score (nSPS) is 13.1. The van der Waals surface area contributed by atoms with E-state index < -0.39 is 0 Å². The van der Waals surface area contributed by atoms with Crippen molar-refractivity contribution in [2.75, 3.05) is 6.61 Å². The first-order valence-corrected chi connectivity index (χ1v) is 7.10. The lowest BCUT2D eigenvalue weighted by Gasteiger charge is -2.20. The zero-order valence-corrected chi connectivity index (χ0v) is 12.8. The fraction of sp³-hybridized carbons (Fsp3) is 0.692. The highest BCUT2D eigenvalue weighted by atomic mass is 35.5. The number of hydrogen-bond acceptors (Lipinski definition) is 3. The summed E-state index contributed by atoms with van der Waals surface area (Å²) in [4.78, 5) is 8.68. The summed E-state index contributed by atoms with van der Waals surface area (Å²) in [5.41, 5.74) is 0.823. The fourth-order valence-corrected chi connectivity index (χ4v) is 2.36. The molecule has 0 aliphatic heterocycles. The van der Waals surface area contributed by atoms with E-state index in [4.69, 9.17) is 27.9 Å². The molecule has 3 nitrogen and oxygen atoms in total. The molecule has 0 aliphatic rings. The molecule has 102 valence electrons. The molecule has 1 rings (SSSR count). The molecule has 0 saturated carbocycles. The summed E-state index contributed by atoms with van der Waals surface area (Å²) in [6, 6.07) is 0. The van der Waals surface area contributed by atoms with Gasteiger partial charge in [0.1, 0.15) is 16.4 Å². The van der Waals surface area contributed by atoms with Crippen molar-refractivity contribution in [2.45, 2.75) is 46.6 Å². The molecule has 0 N–H and O–H groups in total. The van der Waals surface area contributed by atoms with E-state index in [1.54, 1.807) is 0 Å². The molecule has 0 radical (unpaired) electrons. The third-order valence-electron chi connectivity index (χ3n) is 2.63. The minimum atomic E-state index is -0.166. The molecule has 1 heterocycles. The van der Waals surface area contributed by atoms with Gasteiger partial charge in [0.2, 0.25) is 0 Å². The van der Waals surface area contributed by atoms with Gasteiger partial charge in [0.25, 0.3) is 0 Å². The second-order valence-electron chi connectivity index (χ2n) is 4.51. The van der Waals surface area contributed by atoms with Gasteiger partial charge >= 0.3 is 0 Å². The van der Waals surface area contributed by atoms with Crippen LogP contribution in [0, 0.1) is 5.92 Å². The highest BCUT2D eigenvalue weighted by Crippen LogP contribution is 2.28. The van der Waals surface area contributed by atoms with Crippen LogP contribution in [-0.2, 0) is 11.2 Å². The largest absolute Gasteiger partial charge is 0.370 e. The maximum atomic E-state index is 6.17. The van der Waals surface area contributed by atoms with Gasteiger partial charge in [-0.1, -0.05) is 50.4 Å². The minimum Gasteiger partial charge on any atom is -0.370 e. The Morgan fingerprint density at radius 2 is 1.67 bits per heavy atom. The molecular weight excluding hydrogens is 271 g/mol. The zero-order chi connectivity index (χ0) is 13.7. The van der Waals surface area contributed by atoms with E-state index in [-0.39, 0.29) is 12.0 Å². The van der Waals surface area contributed by atoms with Gasteiger partial charge in [-0.3, -0.25) is 0 Å². The van der Waals surface area contributed by atoms with Crippen LogP contribution in [0.2, 0.25) is 10.3 Å². The molecule has 0 spiro atoms. The van der Waals surface area contributed by atoms with Gasteiger partial charge in [-0.2, -0.15) is 0 Å². The summed E-state index contributed by atoms with van der Waals surface area (Å²) in [7, 11) is 0. The first kappa shape index (κ1) is 15.7. The van der Waals surface area contributed by atoms with Gasteiger partial charge in [0.15, 0.2) is 5.82 Å². The van der Waals surface area contributed by atoms with E-state index in [1.807, 2.05) is 6.92 Å². The Morgan fingerprint density at radius 3 is 2.06 bits per heavy atom. The molecule has 0 aromatic carbocycles. The van der Waals surface area contributed by atoms with Crippen molar-refractivity contribution in [3.05, 3.63) is 21.7 Å². The summed E-state index contributed by atoms with van der Waals surface area (Å²) < 4.78 is 5.66. The molecule has 1 aromatic heterocycles. The third kappa shape index (κ3) is 3.81. The average molecular weight is 291 g/mol.